The van der Waals surface area contributed by atoms with Crippen molar-refractivity contribution in [1.82, 2.24) is 14.7 Å². The first kappa shape index (κ1) is 10.9. The number of fused-ring (bicyclic) bond motifs is 1. The lowest BCUT2D eigenvalue weighted by Crippen LogP contribution is -1.96. The second kappa shape index (κ2) is 3.92. The van der Waals surface area contributed by atoms with Gasteiger partial charge in [0.25, 0.3) is 0 Å². The molecule has 0 fully saturated rings. The number of rotatable bonds is 2. The molecule has 0 aliphatic rings. The van der Waals surface area contributed by atoms with Crippen LogP contribution in [0.3, 0.4) is 0 Å². The van der Waals surface area contributed by atoms with Crippen molar-refractivity contribution in [3.05, 3.63) is 36.1 Å². The third kappa shape index (κ3) is 1.50. The maximum Gasteiger partial charge on any atom is 0.240 e. The maximum absolute atomic E-state index is 14.3. The van der Waals surface area contributed by atoms with Crippen molar-refractivity contribution in [3.63, 3.8) is 0 Å². The van der Waals surface area contributed by atoms with Gasteiger partial charge in [-0.25, -0.2) is 4.39 Å². The predicted molar refractivity (Wildman–Crippen MR) is 64.1 cm³/mol. The molecule has 0 radical (unpaired) electrons. The van der Waals surface area contributed by atoms with E-state index in [0.717, 1.165) is 5.52 Å². The third-order valence-electron chi connectivity index (χ3n) is 2.89. The quantitative estimate of drug-likeness (QED) is 0.748. The molecule has 0 bridgehead atoms. The average molecular weight is 246 g/mol. The molecule has 0 saturated heterocycles. The summed E-state index contributed by atoms with van der Waals surface area (Å²) in [6, 6.07) is 5.19. The van der Waals surface area contributed by atoms with E-state index in [1.54, 1.807) is 18.3 Å². The molecule has 3 rings (SSSR count). The van der Waals surface area contributed by atoms with Crippen LogP contribution in [0.1, 0.15) is 5.89 Å². The fourth-order valence-corrected chi connectivity index (χ4v) is 1.94. The first-order valence-corrected chi connectivity index (χ1v) is 5.47. The van der Waals surface area contributed by atoms with Gasteiger partial charge >= 0.3 is 0 Å². The topological polar surface area (TPSA) is 69.9 Å². The molecule has 0 spiro atoms. The lowest BCUT2D eigenvalue weighted by Gasteiger charge is -2.01. The summed E-state index contributed by atoms with van der Waals surface area (Å²) in [6.07, 6.45) is 1.80. The molecule has 0 atom stereocenters. The molecular weight excluding hydrogens is 235 g/mol. The summed E-state index contributed by atoms with van der Waals surface area (Å²) < 4.78 is 21.0. The third-order valence-corrected chi connectivity index (χ3v) is 2.89. The van der Waals surface area contributed by atoms with E-state index in [2.05, 4.69) is 10.1 Å². The van der Waals surface area contributed by atoms with E-state index in [4.69, 9.17) is 10.3 Å². The van der Waals surface area contributed by atoms with Crippen LogP contribution in [0.5, 0.6) is 0 Å². The molecule has 18 heavy (non-hydrogen) atoms. The van der Waals surface area contributed by atoms with Crippen molar-refractivity contribution in [3.8, 4) is 11.4 Å². The fourth-order valence-electron chi connectivity index (χ4n) is 1.94. The summed E-state index contributed by atoms with van der Waals surface area (Å²) in [5.74, 6) is 0.161. The number of nitrogens with zero attached hydrogens (tertiary/aromatic N) is 3. The standard InChI is InChI=1S/C12H11FN4O/c1-17-5-4-7-9(17)3-2-8(11(7)13)12-15-10(6-14)18-16-12/h2-5H,6,14H2,1H3. The highest BCUT2D eigenvalue weighted by molar-refractivity contribution is 5.85. The van der Waals surface area contributed by atoms with Crippen molar-refractivity contribution >= 4 is 10.9 Å². The summed E-state index contributed by atoms with van der Waals surface area (Å²) >= 11 is 0. The van der Waals surface area contributed by atoms with Crippen LogP contribution in [0, 0.1) is 5.82 Å². The largest absolute Gasteiger partial charge is 0.350 e. The Morgan fingerprint density at radius 3 is 2.94 bits per heavy atom. The highest BCUT2D eigenvalue weighted by Crippen LogP contribution is 2.27. The fraction of sp³-hybridized carbons (Fsp3) is 0.167. The zero-order valence-corrected chi connectivity index (χ0v) is 9.72. The molecule has 0 aliphatic heterocycles. The first-order valence-electron chi connectivity index (χ1n) is 5.47. The molecule has 92 valence electrons. The average Bonchev–Trinajstić information content (AvgIpc) is 2.98. The second-order valence-electron chi connectivity index (χ2n) is 4.00. The van der Waals surface area contributed by atoms with Crippen molar-refractivity contribution in [2.45, 2.75) is 6.54 Å². The van der Waals surface area contributed by atoms with Gasteiger partial charge in [0, 0.05) is 18.6 Å². The molecule has 0 amide bonds. The van der Waals surface area contributed by atoms with E-state index < -0.39 is 0 Å². The minimum atomic E-state index is -0.350. The molecule has 2 N–H and O–H groups in total. The number of halogens is 1. The lowest BCUT2D eigenvalue weighted by atomic mass is 10.1. The molecule has 2 aromatic heterocycles. The number of hydrogen-bond acceptors (Lipinski definition) is 4. The molecular formula is C12H11FN4O. The predicted octanol–water partition coefficient (Wildman–Crippen LogP) is 1.83. The highest BCUT2D eigenvalue weighted by Gasteiger charge is 2.15. The normalized spacial score (nSPS) is 11.3. The minimum absolute atomic E-state index is 0.141. The Labute approximate surface area is 102 Å². The van der Waals surface area contributed by atoms with Gasteiger partial charge in [-0.3, -0.25) is 0 Å². The summed E-state index contributed by atoms with van der Waals surface area (Å²) in [7, 11) is 1.86. The van der Waals surface area contributed by atoms with Gasteiger partial charge in [-0.1, -0.05) is 5.16 Å². The molecule has 0 unspecified atom stereocenters. The van der Waals surface area contributed by atoms with Crippen molar-refractivity contribution in [1.29, 1.82) is 0 Å². The van der Waals surface area contributed by atoms with E-state index in [0.29, 0.717) is 10.9 Å². The van der Waals surface area contributed by atoms with Crippen LogP contribution in [0.25, 0.3) is 22.3 Å². The van der Waals surface area contributed by atoms with E-state index in [-0.39, 0.29) is 24.1 Å². The highest BCUT2D eigenvalue weighted by atomic mass is 19.1. The Bertz CT molecular complexity index is 716. The molecule has 0 aliphatic carbocycles. The molecule has 1 aromatic carbocycles. The number of hydrogen-bond donors (Lipinski definition) is 1. The van der Waals surface area contributed by atoms with Crippen LogP contribution >= 0.6 is 0 Å². The van der Waals surface area contributed by atoms with Crippen molar-refractivity contribution in [2.75, 3.05) is 0 Å². The zero-order chi connectivity index (χ0) is 12.7. The smallest absolute Gasteiger partial charge is 0.240 e. The van der Waals surface area contributed by atoms with E-state index >= 15 is 0 Å². The van der Waals surface area contributed by atoms with Gasteiger partial charge in [-0.15, -0.1) is 0 Å². The van der Waals surface area contributed by atoms with Crippen LogP contribution in [0.2, 0.25) is 0 Å². The summed E-state index contributed by atoms with van der Waals surface area (Å²) in [4.78, 5) is 4.02. The lowest BCUT2D eigenvalue weighted by molar-refractivity contribution is 0.380. The van der Waals surface area contributed by atoms with Crippen LogP contribution in [-0.2, 0) is 13.6 Å². The Kier molecular flexibility index (Phi) is 2.38. The Morgan fingerprint density at radius 2 is 2.22 bits per heavy atom. The van der Waals surface area contributed by atoms with Crippen molar-refractivity contribution < 1.29 is 8.91 Å². The number of benzene rings is 1. The van der Waals surface area contributed by atoms with Gasteiger partial charge in [0.05, 0.1) is 17.6 Å². The first-order chi connectivity index (χ1) is 8.70. The van der Waals surface area contributed by atoms with E-state index in [1.807, 2.05) is 17.7 Å². The molecule has 5 nitrogen and oxygen atoms in total. The Balaban J connectivity index is 2.20. The number of aromatic nitrogens is 3. The van der Waals surface area contributed by atoms with Crippen LogP contribution < -0.4 is 5.73 Å². The molecule has 3 aromatic rings. The SMILES string of the molecule is Cn1ccc2c(F)c(-c3noc(CN)n3)ccc21. The van der Waals surface area contributed by atoms with Gasteiger partial charge in [0.2, 0.25) is 11.7 Å². The molecule has 2 heterocycles. The summed E-state index contributed by atoms with van der Waals surface area (Å²) in [5, 5.41) is 4.26. The minimum Gasteiger partial charge on any atom is -0.350 e. The van der Waals surface area contributed by atoms with Crippen LogP contribution in [0.15, 0.2) is 28.9 Å². The van der Waals surface area contributed by atoms with E-state index in [9.17, 15) is 4.39 Å². The van der Waals surface area contributed by atoms with Crippen molar-refractivity contribution in [2.24, 2.45) is 12.8 Å². The van der Waals surface area contributed by atoms with Gasteiger partial charge in [-0.2, -0.15) is 4.98 Å². The molecule has 6 heteroatoms. The summed E-state index contributed by atoms with van der Waals surface area (Å²) in [5.41, 5.74) is 6.51. The number of nitrogens with two attached hydrogens (primary N) is 1. The van der Waals surface area contributed by atoms with Gasteiger partial charge in [0.15, 0.2) is 0 Å². The van der Waals surface area contributed by atoms with Gasteiger partial charge in [0.1, 0.15) is 5.82 Å². The summed E-state index contributed by atoms with van der Waals surface area (Å²) in [6.45, 7) is 0.141. The molecule has 0 saturated carbocycles. The van der Waals surface area contributed by atoms with Gasteiger partial charge < -0.3 is 14.8 Å². The monoisotopic (exact) mass is 246 g/mol. The Morgan fingerprint density at radius 1 is 1.39 bits per heavy atom. The Hall–Kier alpha value is -2.21. The maximum atomic E-state index is 14.3. The second-order valence-corrected chi connectivity index (χ2v) is 4.00. The van der Waals surface area contributed by atoms with Gasteiger partial charge in [-0.05, 0) is 18.2 Å². The van der Waals surface area contributed by atoms with Crippen LogP contribution in [-0.4, -0.2) is 14.7 Å². The van der Waals surface area contributed by atoms with E-state index in [1.165, 1.54) is 0 Å². The zero-order valence-electron chi connectivity index (χ0n) is 9.72. The van der Waals surface area contributed by atoms with Crippen LogP contribution in [0.4, 0.5) is 4.39 Å². The number of aryl methyl sites for hydroxylation is 1.